The Morgan fingerprint density at radius 3 is 2.80 bits per heavy atom. The Bertz CT molecular complexity index is 323. The predicted octanol–water partition coefficient (Wildman–Crippen LogP) is 2.49. The van der Waals surface area contributed by atoms with Crippen LogP contribution in [0.25, 0.3) is 0 Å². The summed E-state index contributed by atoms with van der Waals surface area (Å²) in [4.78, 5) is 0. The maximum Gasteiger partial charge on any atom is 0.260 e. The van der Waals surface area contributed by atoms with Crippen LogP contribution in [0.15, 0.2) is 37.7 Å². The van der Waals surface area contributed by atoms with E-state index in [1.54, 1.807) is 0 Å². The van der Waals surface area contributed by atoms with E-state index in [2.05, 4.69) is 41.6 Å². The van der Waals surface area contributed by atoms with Gasteiger partial charge in [-0.25, -0.2) is 9.13 Å². The van der Waals surface area contributed by atoms with Crippen LogP contribution in [-0.4, -0.2) is 4.57 Å². The number of nitrogens with zero attached hydrogens (tertiary/aromatic N) is 2. The Balaban J connectivity index is 2.83. The van der Waals surface area contributed by atoms with Gasteiger partial charge in [-0.1, -0.05) is 32.1 Å². The van der Waals surface area contributed by atoms with Crippen molar-refractivity contribution >= 4 is 0 Å². The zero-order valence-electron chi connectivity index (χ0n) is 9.65. The first kappa shape index (κ1) is 11.8. The lowest BCUT2D eigenvalue weighted by Gasteiger charge is -2.01. The number of aromatic nitrogens is 2. The fourth-order valence-corrected chi connectivity index (χ4v) is 1.70. The van der Waals surface area contributed by atoms with Crippen molar-refractivity contribution < 1.29 is 4.57 Å². The van der Waals surface area contributed by atoms with Gasteiger partial charge in [-0.3, -0.25) is 0 Å². The predicted molar refractivity (Wildman–Crippen MR) is 63.6 cm³/mol. The van der Waals surface area contributed by atoms with E-state index in [0.717, 1.165) is 19.5 Å². The quantitative estimate of drug-likeness (QED) is 0.478. The van der Waals surface area contributed by atoms with Crippen LogP contribution in [0, 0.1) is 0 Å². The molecule has 15 heavy (non-hydrogen) atoms. The third-order valence-electron chi connectivity index (χ3n) is 2.49. The van der Waals surface area contributed by atoms with Crippen LogP contribution in [0.1, 0.15) is 25.6 Å². The zero-order chi connectivity index (χ0) is 11.1. The molecule has 1 aromatic rings. The normalized spacial score (nSPS) is 10.2. The van der Waals surface area contributed by atoms with Crippen LogP contribution in [0.5, 0.6) is 0 Å². The molecule has 0 bridgehead atoms. The van der Waals surface area contributed by atoms with Gasteiger partial charge < -0.3 is 0 Å². The number of aryl methyl sites for hydroxylation is 1. The maximum absolute atomic E-state index is 3.81. The molecule has 0 spiro atoms. The lowest BCUT2D eigenvalue weighted by atomic mass is 10.3. The highest BCUT2D eigenvalue weighted by atomic mass is 15.1. The summed E-state index contributed by atoms with van der Waals surface area (Å²) in [7, 11) is 0. The fourth-order valence-electron chi connectivity index (χ4n) is 1.70. The lowest BCUT2D eigenvalue weighted by molar-refractivity contribution is -0.703. The SMILES string of the molecule is C=CCc1n(CC=C)cc[n+]1CCCC. The van der Waals surface area contributed by atoms with E-state index in [4.69, 9.17) is 0 Å². The summed E-state index contributed by atoms with van der Waals surface area (Å²) < 4.78 is 4.54. The summed E-state index contributed by atoms with van der Waals surface area (Å²) in [6.07, 6.45) is 11.5. The fraction of sp³-hybridized carbons (Fsp3) is 0.462. The second-order valence-corrected chi connectivity index (χ2v) is 3.70. The monoisotopic (exact) mass is 205 g/mol. The van der Waals surface area contributed by atoms with Crippen molar-refractivity contribution in [3.63, 3.8) is 0 Å². The van der Waals surface area contributed by atoms with Crippen LogP contribution in [0.2, 0.25) is 0 Å². The van der Waals surface area contributed by atoms with Crippen molar-refractivity contribution in [1.29, 1.82) is 0 Å². The molecule has 0 atom stereocenters. The molecule has 0 aromatic carbocycles. The molecule has 82 valence electrons. The largest absolute Gasteiger partial charge is 0.260 e. The standard InChI is InChI=1S/C13H21N2/c1-4-7-10-15-12-11-14(9-6-3)13(15)8-5-2/h5-6,11-12H,2-4,7-10H2,1H3/q+1. The zero-order valence-corrected chi connectivity index (χ0v) is 9.65. The van der Waals surface area contributed by atoms with Gasteiger partial charge in [-0.15, -0.1) is 6.58 Å². The van der Waals surface area contributed by atoms with Crippen molar-refractivity contribution in [2.45, 2.75) is 39.3 Å². The minimum absolute atomic E-state index is 0.877. The van der Waals surface area contributed by atoms with E-state index in [9.17, 15) is 0 Å². The van der Waals surface area contributed by atoms with Crippen molar-refractivity contribution in [2.75, 3.05) is 0 Å². The number of hydrogen-bond donors (Lipinski definition) is 0. The first-order chi connectivity index (χ1) is 7.33. The van der Waals surface area contributed by atoms with Crippen molar-refractivity contribution in [1.82, 2.24) is 4.57 Å². The summed E-state index contributed by atoms with van der Waals surface area (Å²) in [6, 6.07) is 0. The van der Waals surface area contributed by atoms with Gasteiger partial charge in [0.25, 0.3) is 5.82 Å². The van der Waals surface area contributed by atoms with Crippen LogP contribution in [-0.2, 0) is 19.5 Å². The molecule has 0 saturated carbocycles. The molecule has 0 aliphatic rings. The first-order valence-electron chi connectivity index (χ1n) is 5.62. The number of hydrogen-bond acceptors (Lipinski definition) is 0. The Kier molecular flexibility index (Phi) is 4.88. The highest BCUT2D eigenvalue weighted by molar-refractivity contribution is 4.92. The lowest BCUT2D eigenvalue weighted by Crippen LogP contribution is -2.37. The van der Waals surface area contributed by atoms with Crippen LogP contribution < -0.4 is 4.57 Å². The number of unbranched alkanes of at least 4 members (excludes halogenated alkanes) is 1. The molecular weight excluding hydrogens is 184 g/mol. The smallest absolute Gasteiger partial charge is 0.234 e. The molecular formula is C13H21N2+. The molecule has 0 radical (unpaired) electrons. The summed E-state index contributed by atoms with van der Waals surface area (Å²) in [5.41, 5.74) is 0. The molecule has 0 N–H and O–H groups in total. The van der Waals surface area contributed by atoms with E-state index in [-0.39, 0.29) is 0 Å². The van der Waals surface area contributed by atoms with Crippen LogP contribution >= 0.6 is 0 Å². The van der Waals surface area contributed by atoms with E-state index in [1.165, 1.54) is 18.7 Å². The second-order valence-electron chi connectivity index (χ2n) is 3.70. The molecule has 0 unspecified atom stereocenters. The minimum atomic E-state index is 0.877. The Morgan fingerprint density at radius 2 is 2.20 bits per heavy atom. The first-order valence-corrected chi connectivity index (χ1v) is 5.62. The van der Waals surface area contributed by atoms with Crippen molar-refractivity contribution in [3.05, 3.63) is 43.5 Å². The summed E-state index contributed by atoms with van der Waals surface area (Å²) in [6.45, 7) is 11.8. The molecule has 1 aromatic heterocycles. The van der Waals surface area contributed by atoms with Gasteiger partial charge in [0.05, 0.1) is 13.0 Å². The molecule has 0 amide bonds. The summed E-state index contributed by atoms with van der Waals surface area (Å²) >= 11 is 0. The summed E-state index contributed by atoms with van der Waals surface area (Å²) in [5.74, 6) is 1.32. The Hall–Kier alpha value is -1.31. The van der Waals surface area contributed by atoms with Gasteiger partial charge in [0.2, 0.25) is 0 Å². The van der Waals surface area contributed by atoms with Crippen LogP contribution in [0.3, 0.4) is 0 Å². The van der Waals surface area contributed by atoms with Crippen molar-refractivity contribution in [2.24, 2.45) is 0 Å². The second kappa shape index (κ2) is 6.23. The third-order valence-corrected chi connectivity index (χ3v) is 2.49. The highest BCUT2D eigenvalue weighted by Crippen LogP contribution is 1.99. The Labute approximate surface area is 92.6 Å². The van der Waals surface area contributed by atoms with E-state index < -0.39 is 0 Å². The van der Waals surface area contributed by atoms with Gasteiger partial charge in [0.15, 0.2) is 0 Å². The molecule has 2 heteroatoms. The van der Waals surface area contributed by atoms with E-state index in [0.29, 0.717) is 0 Å². The molecule has 0 aliphatic heterocycles. The number of imidazole rings is 1. The molecule has 0 saturated heterocycles. The molecule has 1 heterocycles. The van der Waals surface area contributed by atoms with Crippen LogP contribution in [0.4, 0.5) is 0 Å². The molecule has 0 aliphatic carbocycles. The Morgan fingerprint density at radius 1 is 1.40 bits per heavy atom. The third kappa shape index (κ3) is 3.08. The van der Waals surface area contributed by atoms with E-state index >= 15 is 0 Å². The minimum Gasteiger partial charge on any atom is -0.234 e. The summed E-state index contributed by atoms with van der Waals surface area (Å²) in [5, 5.41) is 0. The molecule has 0 fully saturated rings. The molecule has 2 nitrogen and oxygen atoms in total. The average Bonchev–Trinajstić information content (AvgIpc) is 2.60. The van der Waals surface area contributed by atoms with E-state index in [1.807, 2.05) is 12.2 Å². The van der Waals surface area contributed by atoms with Gasteiger partial charge in [-0.05, 0) is 6.42 Å². The van der Waals surface area contributed by atoms with Gasteiger partial charge >= 0.3 is 0 Å². The molecule has 1 rings (SSSR count). The highest BCUT2D eigenvalue weighted by Gasteiger charge is 2.13. The number of rotatable bonds is 7. The average molecular weight is 205 g/mol. The topological polar surface area (TPSA) is 8.81 Å². The van der Waals surface area contributed by atoms with Gasteiger partial charge in [0.1, 0.15) is 18.9 Å². The van der Waals surface area contributed by atoms with Crippen molar-refractivity contribution in [3.8, 4) is 0 Å². The van der Waals surface area contributed by atoms with Gasteiger partial charge in [-0.2, -0.15) is 0 Å². The maximum atomic E-state index is 3.81. The van der Waals surface area contributed by atoms with Gasteiger partial charge in [0, 0.05) is 0 Å². The number of allylic oxidation sites excluding steroid dienone is 2.